The predicted molar refractivity (Wildman–Crippen MR) is 155 cm³/mol. The highest BCUT2D eigenvalue weighted by atomic mass is 79.9. The number of fused-ring (bicyclic) bond motifs is 1. The molecular weight excluding hydrogens is 616 g/mol. The van der Waals surface area contributed by atoms with Crippen LogP contribution in [0, 0.1) is 20.8 Å². The van der Waals surface area contributed by atoms with Crippen molar-refractivity contribution < 1.29 is 34.1 Å². The van der Waals surface area contributed by atoms with Crippen LogP contribution in [0.1, 0.15) is 50.8 Å². The molecule has 1 aliphatic rings. The number of halogens is 1. The van der Waals surface area contributed by atoms with Crippen LogP contribution in [-0.2, 0) is 14.3 Å². The highest BCUT2D eigenvalue weighted by Crippen LogP contribution is 2.47. The minimum Gasteiger partial charge on any atom is -0.505 e. The monoisotopic (exact) mass is 640 g/mol. The van der Waals surface area contributed by atoms with Gasteiger partial charge in [-0.15, -0.1) is 0 Å². The fourth-order valence-corrected chi connectivity index (χ4v) is 6.24. The summed E-state index contributed by atoms with van der Waals surface area (Å²) in [6.07, 6.45) is 1.79. The molecule has 1 atom stereocenters. The number of hydrogen-bond donors (Lipinski definition) is 2. The molecule has 1 unspecified atom stereocenters. The van der Waals surface area contributed by atoms with Crippen LogP contribution in [0.15, 0.2) is 40.5 Å². The van der Waals surface area contributed by atoms with Crippen LogP contribution < -0.4 is 9.64 Å². The second kappa shape index (κ2) is 10.6. The summed E-state index contributed by atoms with van der Waals surface area (Å²) in [6, 6.07) is 5.49. The van der Waals surface area contributed by atoms with Crippen LogP contribution in [0.4, 0.5) is 5.13 Å². The number of phenolic OH excluding ortho intramolecular Hbond substituents is 1. The number of aliphatic hydroxyl groups excluding tert-OH is 1. The van der Waals surface area contributed by atoms with E-state index in [-0.39, 0.29) is 43.9 Å². The lowest BCUT2D eigenvalue weighted by Gasteiger charge is -2.23. The van der Waals surface area contributed by atoms with E-state index in [1.54, 1.807) is 31.4 Å². The molecule has 1 aromatic carbocycles. The van der Waals surface area contributed by atoms with Crippen molar-refractivity contribution in [3.8, 4) is 11.5 Å². The molecule has 3 aromatic heterocycles. The third-order valence-electron chi connectivity index (χ3n) is 6.79. The number of hydrogen-bond acceptors (Lipinski definition) is 10. The maximum absolute atomic E-state index is 13.7. The number of phenols is 1. The standard InChI is InChI=1S/C28H25BrN4O7S/c1-6-40-27(38)24-13(3)30-28(41-24)33-20(15-10-16(29)21(34)17(11-15)39-5)18(23(36)26(33)37)22(35)19-14(4)32-9-7-8-12(2)25(32)31-19/h7-11,20,34-35H,6H2,1-5H3/b22-18+. The van der Waals surface area contributed by atoms with Gasteiger partial charge in [0.2, 0.25) is 0 Å². The summed E-state index contributed by atoms with van der Waals surface area (Å²) in [5, 5.41) is 22.2. The Bertz CT molecular complexity index is 1790. The van der Waals surface area contributed by atoms with E-state index in [4.69, 9.17) is 9.47 Å². The molecule has 0 saturated carbocycles. The first kappa shape index (κ1) is 28.3. The molecule has 0 radical (unpaired) electrons. The molecule has 1 fully saturated rings. The molecule has 41 heavy (non-hydrogen) atoms. The van der Waals surface area contributed by atoms with Gasteiger partial charge in [-0.25, -0.2) is 14.8 Å². The molecule has 0 bridgehead atoms. The summed E-state index contributed by atoms with van der Waals surface area (Å²) in [4.78, 5) is 50.2. The molecular formula is C28H25BrN4O7S. The zero-order valence-corrected chi connectivity index (χ0v) is 25.1. The van der Waals surface area contributed by atoms with E-state index < -0.39 is 29.5 Å². The summed E-state index contributed by atoms with van der Waals surface area (Å²) in [6.45, 7) is 7.04. The molecule has 0 spiro atoms. The van der Waals surface area contributed by atoms with Gasteiger partial charge in [-0.05, 0) is 73.0 Å². The van der Waals surface area contributed by atoms with Crippen LogP contribution in [-0.4, -0.2) is 56.0 Å². The molecule has 4 heterocycles. The Hall–Kier alpha value is -4.23. The number of anilines is 1. The Morgan fingerprint density at radius 3 is 2.59 bits per heavy atom. The van der Waals surface area contributed by atoms with Gasteiger partial charge in [-0.1, -0.05) is 17.4 Å². The first-order valence-electron chi connectivity index (χ1n) is 12.5. The van der Waals surface area contributed by atoms with Crippen LogP contribution in [0.25, 0.3) is 11.4 Å². The molecule has 5 rings (SSSR count). The maximum Gasteiger partial charge on any atom is 0.350 e. The number of methoxy groups -OCH3 is 1. The quantitative estimate of drug-likeness (QED) is 0.129. The molecule has 0 aliphatic carbocycles. The number of aromatic hydroxyl groups is 1. The zero-order chi connectivity index (χ0) is 29.7. The van der Waals surface area contributed by atoms with Gasteiger partial charge >= 0.3 is 11.9 Å². The van der Waals surface area contributed by atoms with Crippen molar-refractivity contribution in [3.63, 3.8) is 0 Å². The fourth-order valence-electron chi connectivity index (χ4n) is 4.80. The van der Waals surface area contributed by atoms with E-state index >= 15 is 0 Å². The van der Waals surface area contributed by atoms with Gasteiger partial charge in [0.05, 0.1) is 41.2 Å². The van der Waals surface area contributed by atoms with Crippen molar-refractivity contribution in [2.75, 3.05) is 18.6 Å². The normalized spacial score (nSPS) is 16.5. The number of aromatic nitrogens is 3. The van der Waals surface area contributed by atoms with E-state index in [9.17, 15) is 24.6 Å². The number of amides is 1. The Kier molecular flexibility index (Phi) is 7.34. The third-order valence-corrected chi connectivity index (χ3v) is 8.53. The molecule has 1 saturated heterocycles. The molecule has 4 aromatic rings. The lowest BCUT2D eigenvalue weighted by molar-refractivity contribution is -0.132. The number of nitrogens with zero attached hydrogens (tertiary/aromatic N) is 4. The summed E-state index contributed by atoms with van der Waals surface area (Å²) in [7, 11) is 1.36. The molecule has 212 valence electrons. The molecule has 1 amide bonds. The first-order chi connectivity index (χ1) is 19.5. The summed E-state index contributed by atoms with van der Waals surface area (Å²) in [5.74, 6) is -3.11. The Morgan fingerprint density at radius 2 is 1.93 bits per heavy atom. The van der Waals surface area contributed by atoms with E-state index in [1.165, 1.54) is 19.2 Å². The van der Waals surface area contributed by atoms with Gasteiger partial charge in [0.1, 0.15) is 16.2 Å². The van der Waals surface area contributed by atoms with E-state index in [0.717, 1.165) is 21.8 Å². The maximum atomic E-state index is 13.7. The average Bonchev–Trinajstić information content (AvgIpc) is 3.57. The fraction of sp³-hybridized carbons (Fsp3) is 0.250. The number of esters is 1. The summed E-state index contributed by atoms with van der Waals surface area (Å²) >= 11 is 4.20. The Morgan fingerprint density at radius 1 is 1.20 bits per heavy atom. The lowest BCUT2D eigenvalue weighted by atomic mass is 9.96. The van der Waals surface area contributed by atoms with E-state index in [0.29, 0.717) is 22.6 Å². The number of carbonyl (C=O) groups is 3. The van der Waals surface area contributed by atoms with Gasteiger partial charge in [0, 0.05) is 6.20 Å². The number of imidazole rings is 1. The third kappa shape index (κ3) is 4.54. The van der Waals surface area contributed by atoms with Crippen molar-refractivity contribution in [2.24, 2.45) is 0 Å². The highest BCUT2D eigenvalue weighted by molar-refractivity contribution is 9.10. The topological polar surface area (TPSA) is 144 Å². The summed E-state index contributed by atoms with van der Waals surface area (Å²) in [5.41, 5.74) is 2.55. The predicted octanol–water partition coefficient (Wildman–Crippen LogP) is 5.00. The molecule has 11 nitrogen and oxygen atoms in total. The van der Waals surface area contributed by atoms with Crippen molar-refractivity contribution in [3.05, 3.63) is 73.6 Å². The number of ketones is 1. The van der Waals surface area contributed by atoms with Gasteiger partial charge in [0.25, 0.3) is 5.78 Å². The summed E-state index contributed by atoms with van der Waals surface area (Å²) < 4.78 is 12.5. The van der Waals surface area contributed by atoms with Gasteiger partial charge in [-0.3, -0.25) is 14.5 Å². The number of aliphatic hydroxyl groups is 1. The number of aryl methyl sites for hydroxylation is 3. The second-order valence-electron chi connectivity index (χ2n) is 9.28. The number of benzene rings is 1. The van der Waals surface area contributed by atoms with Crippen LogP contribution in [0.3, 0.4) is 0 Å². The van der Waals surface area contributed by atoms with Gasteiger partial charge < -0.3 is 24.1 Å². The number of carbonyl (C=O) groups excluding carboxylic acids is 3. The number of rotatable bonds is 6. The Balaban J connectivity index is 1.78. The number of Topliss-reactive ketones (excluding diaryl/α,β-unsaturated/α-hetero) is 1. The van der Waals surface area contributed by atoms with Crippen molar-refractivity contribution in [1.29, 1.82) is 0 Å². The Labute approximate surface area is 246 Å². The number of thiazole rings is 1. The zero-order valence-electron chi connectivity index (χ0n) is 22.7. The van der Waals surface area contributed by atoms with E-state index in [2.05, 4.69) is 25.9 Å². The van der Waals surface area contributed by atoms with Crippen molar-refractivity contribution in [2.45, 2.75) is 33.7 Å². The van der Waals surface area contributed by atoms with Crippen LogP contribution in [0.5, 0.6) is 11.5 Å². The largest absolute Gasteiger partial charge is 0.505 e. The molecule has 1 aliphatic heterocycles. The van der Waals surface area contributed by atoms with Gasteiger partial charge in [-0.2, -0.15) is 0 Å². The average molecular weight is 642 g/mol. The van der Waals surface area contributed by atoms with Crippen LogP contribution >= 0.6 is 27.3 Å². The minimum atomic E-state index is -1.20. The smallest absolute Gasteiger partial charge is 0.350 e. The van der Waals surface area contributed by atoms with E-state index in [1.807, 2.05) is 19.1 Å². The van der Waals surface area contributed by atoms with Gasteiger partial charge in [0.15, 0.2) is 22.4 Å². The van der Waals surface area contributed by atoms with Crippen LogP contribution in [0.2, 0.25) is 0 Å². The lowest BCUT2D eigenvalue weighted by Crippen LogP contribution is -2.29. The SMILES string of the molecule is CCOC(=O)c1sc(N2C(=O)C(=O)/C(=C(/O)c3nc4c(C)cccn4c3C)C2c2cc(Br)c(O)c(OC)c2)nc1C. The number of ether oxygens (including phenoxy) is 2. The number of pyridine rings is 1. The molecule has 2 N–H and O–H groups in total. The highest BCUT2D eigenvalue weighted by Gasteiger charge is 2.49. The second-order valence-corrected chi connectivity index (χ2v) is 11.1. The minimum absolute atomic E-state index is 0.0578. The van der Waals surface area contributed by atoms with Crippen molar-refractivity contribution in [1.82, 2.24) is 14.4 Å². The first-order valence-corrected chi connectivity index (χ1v) is 14.1. The van der Waals surface area contributed by atoms with Crippen molar-refractivity contribution >= 4 is 61.5 Å². The molecule has 13 heteroatoms.